The van der Waals surface area contributed by atoms with Crippen molar-refractivity contribution in [2.45, 2.75) is 50.7 Å². The van der Waals surface area contributed by atoms with Crippen LogP contribution in [0.1, 0.15) is 42.5 Å². The van der Waals surface area contributed by atoms with Gasteiger partial charge in [-0.3, -0.25) is 14.3 Å². The highest BCUT2D eigenvalue weighted by molar-refractivity contribution is 5.97. The monoisotopic (exact) mass is 385 g/mol. The number of piperidine rings is 2. The molecule has 2 atom stereocenters. The summed E-state index contributed by atoms with van der Waals surface area (Å²) < 4.78 is 1.72. The number of hydrogen-bond acceptors (Lipinski definition) is 4. The molecule has 4 rings (SSSR count). The molecule has 2 aromatic rings. The molecule has 28 heavy (non-hydrogen) atoms. The summed E-state index contributed by atoms with van der Waals surface area (Å²) in [5.41, 5.74) is 2.07. The molecule has 2 unspecified atom stereocenters. The van der Waals surface area contributed by atoms with Crippen LogP contribution in [0.3, 0.4) is 0 Å². The summed E-state index contributed by atoms with van der Waals surface area (Å²) in [6, 6.07) is 6.19. The van der Waals surface area contributed by atoms with E-state index in [0.717, 1.165) is 43.5 Å². The highest BCUT2D eigenvalue weighted by atomic mass is 16.2. The minimum Gasteiger partial charge on any atom is -0.348 e. The number of amides is 1. The normalized spacial score (nSPS) is 23.1. The molecule has 0 aliphatic carbocycles. The van der Waals surface area contributed by atoms with Gasteiger partial charge in [-0.15, -0.1) is 0 Å². The SMILES string of the molecule is CN(C)CCn1c(=O)[nH]c2ccc(C(=O)NC3CCCN4CCCCC34)cc21. The fraction of sp³-hybridized carbons (Fsp3) is 0.619. The fourth-order valence-electron chi connectivity index (χ4n) is 4.69. The quantitative estimate of drug-likeness (QED) is 0.821. The van der Waals surface area contributed by atoms with Crippen LogP contribution < -0.4 is 11.0 Å². The molecule has 2 N–H and O–H groups in total. The second kappa shape index (κ2) is 8.09. The molecular weight excluding hydrogens is 354 g/mol. The number of nitrogens with zero attached hydrogens (tertiary/aromatic N) is 3. The third-order valence-corrected chi connectivity index (χ3v) is 6.21. The number of H-pyrrole nitrogens is 1. The van der Waals surface area contributed by atoms with Gasteiger partial charge in [0.2, 0.25) is 0 Å². The number of aromatic amines is 1. The van der Waals surface area contributed by atoms with E-state index in [1.807, 2.05) is 37.2 Å². The zero-order valence-corrected chi connectivity index (χ0v) is 16.9. The molecule has 0 saturated carbocycles. The summed E-state index contributed by atoms with van der Waals surface area (Å²) in [4.78, 5) is 32.7. The zero-order chi connectivity index (χ0) is 19.7. The standard InChI is InChI=1S/C21H31N5O2/c1-24(2)12-13-26-19-14-15(8-9-17(19)23-21(26)28)20(27)22-16-6-5-11-25-10-4-3-7-18(16)25/h8-9,14,16,18H,3-7,10-13H2,1-2H3,(H,22,27)(H,23,28). The number of benzene rings is 1. The number of carbonyl (C=O) groups is 1. The third kappa shape index (κ3) is 3.86. The molecule has 0 spiro atoms. The number of aromatic nitrogens is 2. The second-order valence-electron chi connectivity index (χ2n) is 8.44. The Kier molecular flexibility index (Phi) is 5.55. The maximum Gasteiger partial charge on any atom is 0.326 e. The summed E-state index contributed by atoms with van der Waals surface area (Å²) in [7, 11) is 3.97. The van der Waals surface area contributed by atoms with Crippen molar-refractivity contribution in [3.8, 4) is 0 Å². The van der Waals surface area contributed by atoms with Gasteiger partial charge in [-0.2, -0.15) is 0 Å². The Hall–Kier alpha value is -2.12. The van der Waals surface area contributed by atoms with E-state index in [9.17, 15) is 9.59 Å². The minimum atomic E-state index is -0.125. The highest BCUT2D eigenvalue weighted by Gasteiger charge is 2.33. The summed E-state index contributed by atoms with van der Waals surface area (Å²) in [6.07, 6.45) is 5.88. The van der Waals surface area contributed by atoms with Crippen LogP contribution in [0.4, 0.5) is 0 Å². The first-order valence-corrected chi connectivity index (χ1v) is 10.4. The van der Waals surface area contributed by atoms with Crippen LogP contribution in [0.15, 0.2) is 23.0 Å². The van der Waals surface area contributed by atoms with Crippen molar-refractivity contribution in [1.82, 2.24) is 24.7 Å². The van der Waals surface area contributed by atoms with Crippen LogP contribution in [0.25, 0.3) is 11.0 Å². The van der Waals surface area contributed by atoms with Crippen molar-refractivity contribution in [2.24, 2.45) is 0 Å². The molecule has 1 aromatic carbocycles. The van der Waals surface area contributed by atoms with Gasteiger partial charge in [0, 0.05) is 30.7 Å². The largest absolute Gasteiger partial charge is 0.348 e. The molecule has 2 aliphatic rings. The Labute approximate surface area is 165 Å². The van der Waals surface area contributed by atoms with Gasteiger partial charge >= 0.3 is 5.69 Å². The van der Waals surface area contributed by atoms with Crippen molar-refractivity contribution in [1.29, 1.82) is 0 Å². The summed E-state index contributed by atoms with van der Waals surface area (Å²) >= 11 is 0. The van der Waals surface area contributed by atoms with Crippen LogP contribution in [0.2, 0.25) is 0 Å². The number of likely N-dealkylation sites (N-methyl/N-ethyl adjacent to an activating group) is 1. The lowest BCUT2D eigenvalue weighted by molar-refractivity contribution is 0.0663. The number of rotatable bonds is 5. The van der Waals surface area contributed by atoms with Gasteiger partial charge in [-0.05, 0) is 71.1 Å². The maximum absolute atomic E-state index is 13.0. The van der Waals surface area contributed by atoms with Crippen LogP contribution in [0.5, 0.6) is 0 Å². The lowest BCUT2D eigenvalue weighted by atomic mass is 9.88. The van der Waals surface area contributed by atoms with Gasteiger partial charge in [0.1, 0.15) is 0 Å². The average molecular weight is 386 g/mol. The minimum absolute atomic E-state index is 0.0351. The highest BCUT2D eigenvalue weighted by Crippen LogP contribution is 2.26. The third-order valence-electron chi connectivity index (χ3n) is 6.21. The Balaban J connectivity index is 1.54. The van der Waals surface area contributed by atoms with Gasteiger partial charge in [0.05, 0.1) is 11.0 Å². The van der Waals surface area contributed by atoms with Crippen LogP contribution >= 0.6 is 0 Å². The predicted octanol–water partition coefficient (Wildman–Crippen LogP) is 1.64. The van der Waals surface area contributed by atoms with Crippen LogP contribution in [0, 0.1) is 0 Å². The molecule has 3 heterocycles. The first-order valence-electron chi connectivity index (χ1n) is 10.4. The van der Waals surface area contributed by atoms with Crippen molar-refractivity contribution < 1.29 is 4.79 Å². The molecular formula is C21H31N5O2. The number of hydrogen-bond donors (Lipinski definition) is 2. The van der Waals surface area contributed by atoms with E-state index in [1.54, 1.807) is 4.57 Å². The van der Waals surface area contributed by atoms with E-state index in [4.69, 9.17) is 0 Å². The second-order valence-corrected chi connectivity index (χ2v) is 8.44. The van der Waals surface area contributed by atoms with Crippen molar-refractivity contribution in [2.75, 3.05) is 33.7 Å². The van der Waals surface area contributed by atoms with E-state index < -0.39 is 0 Å². The number of nitrogens with one attached hydrogen (secondary N) is 2. The zero-order valence-electron chi connectivity index (χ0n) is 16.9. The van der Waals surface area contributed by atoms with Gasteiger partial charge in [0.25, 0.3) is 5.91 Å². The molecule has 7 nitrogen and oxygen atoms in total. The Morgan fingerprint density at radius 1 is 1.21 bits per heavy atom. The number of fused-ring (bicyclic) bond motifs is 2. The first-order chi connectivity index (χ1) is 13.5. The maximum atomic E-state index is 13.0. The fourth-order valence-corrected chi connectivity index (χ4v) is 4.69. The molecule has 2 aliphatic heterocycles. The molecule has 1 aromatic heterocycles. The Morgan fingerprint density at radius 3 is 2.86 bits per heavy atom. The summed E-state index contributed by atoms with van der Waals surface area (Å²) in [5, 5.41) is 3.29. The van der Waals surface area contributed by atoms with E-state index in [-0.39, 0.29) is 17.6 Å². The van der Waals surface area contributed by atoms with Gasteiger partial charge in [-0.25, -0.2) is 4.79 Å². The smallest absolute Gasteiger partial charge is 0.326 e. The lowest BCUT2D eigenvalue weighted by Gasteiger charge is -2.44. The Bertz CT molecular complexity index is 898. The molecule has 0 bridgehead atoms. The number of imidazole rings is 1. The van der Waals surface area contributed by atoms with E-state index in [1.165, 1.54) is 19.3 Å². The predicted molar refractivity (Wildman–Crippen MR) is 111 cm³/mol. The average Bonchev–Trinajstić information content (AvgIpc) is 3.00. The van der Waals surface area contributed by atoms with E-state index >= 15 is 0 Å². The lowest BCUT2D eigenvalue weighted by Crippen LogP contribution is -2.56. The van der Waals surface area contributed by atoms with E-state index in [0.29, 0.717) is 18.2 Å². The van der Waals surface area contributed by atoms with Crippen LogP contribution in [-0.2, 0) is 6.54 Å². The van der Waals surface area contributed by atoms with E-state index in [2.05, 4.69) is 15.2 Å². The Morgan fingerprint density at radius 2 is 2.04 bits per heavy atom. The first kappa shape index (κ1) is 19.2. The van der Waals surface area contributed by atoms with Crippen molar-refractivity contribution in [3.63, 3.8) is 0 Å². The van der Waals surface area contributed by atoms with Crippen molar-refractivity contribution in [3.05, 3.63) is 34.2 Å². The van der Waals surface area contributed by atoms with Gasteiger partial charge < -0.3 is 15.2 Å². The molecule has 0 radical (unpaired) electrons. The number of carbonyl (C=O) groups excluding carboxylic acids is 1. The molecule has 152 valence electrons. The van der Waals surface area contributed by atoms with Gasteiger partial charge in [-0.1, -0.05) is 6.42 Å². The van der Waals surface area contributed by atoms with Crippen LogP contribution in [-0.4, -0.2) is 71.1 Å². The molecule has 2 fully saturated rings. The van der Waals surface area contributed by atoms with Gasteiger partial charge in [0.15, 0.2) is 0 Å². The topological polar surface area (TPSA) is 73.4 Å². The molecule has 2 saturated heterocycles. The summed E-state index contributed by atoms with van der Waals surface area (Å²) in [5.74, 6) is -0.0351. The summed E-state index contributed by atoms with van der Waals surface area (Å²) in [6.45, 7) is 3.68. The molecule has 7 heteroatoms. The molecule has 1 amide bonds. The van der Waals surface area contributed by atoms with Crippen molar-refractivity contribution >= 4 is 16.9 Å².